The Hall–Kier alpha value is -3.31. The first kappa shape index (κ1) is 19.5. The van der Waals surface area contributed by atoms with Crippen LogP contribution in [0.25, 0.3) is 11.1 Å². The van der Waals surface area contributed by atoms with Crippen LogP contribution in [0.3, 0.4) is 0 Å². The molecule has 0 aliphatic heterocycles. The lowest BCUT2D eigenvalue weighted by Crippen LogP contribution is -2.04. The number of aromatic hydroxyl groups is 2. The molecule has 28 heavy (non-hydrogen) atoms. The van der Waals surface area contributed by atoms with Crippen LogP contribution in [0.1, 0.15) is 27.0 Å². The third-order valence-electron chi connectivity index (χ3n) is 4.69. The maximum absolute atomic E-state index is 11.7. The highest BCUT2D eigenvalue weighted by Gasteiger charge is 2.22. The number of methoxy groups -OCH3 is 1. The Morgan fingerprint density at radius 3 is 2.21 bits per heavy atom. The summed E-state index contributed by atoms with van der Waals surface area (Å²) in [7, 11) is 1.58. The molecule has 5 heteroatoms. The van der Waals surface area contributed by atoms with Crippen molar-refractivity contribution in [3.05, 3.63) is 76.9 Å². The molecule has 2 N–H and O–H groups in total. The minimum Gasteiger partial charge on any atom is -0.504 e. The molecule has 0 heterocycles. The summed E-state index contributed by atoms with van der Waals surface area (Å²) >= 11 is 0. The summed E-state index contributed by atoms with van der Waals surface area (Å²) in [5.41, 5.74) is 3.49. The average molecular weight is 378 g/mol. The third kappa shape index (κ3) is 3.85. The number of aldehydes is 1. The number of ether oxygens (including phenoxy) is 2. The van der Waals surface area contributed by atoms with E-state index in [1.165, 1.54) is 0 Å². The minimum absolute atomic E-state index is 0.0296. The first-order valence-corrected chi connectivity index (χ1v) is 8.85. The summed E-state index contributed by atoms with van der Waals surface area (Å²) in [5, 5.41) is 20.6. The Bertz CT molecular complexity index is 963. The van der Waals surface area contributed by atoms with Crippen LogP contribution in [0.2, 0.25) is 0 Å². The van der Waals surface area contributed by atoms with E-state index in [9.17, 15) is 15.0 Å². The van der Waals surface area contributed by atoms with Crippen molar-refractivity contribution in [3.8, 4) is 28.4 Å². The standard InChI is InChI=1S/C23H22O5/c1-15-21(17-8-10-18(27-2)11-9-17)20(19(12-24)23(26)22(15)25)14-28-13-16-6-4-3-5-7-16/h3-12,25-26H,13-14H2,1-2H3. The van der Waals surface area contributed by atoms with Gasteiger partial charge in [0.1, 0.15) is 5.75 Å². The number of carbonyl (C=O) groups excluding carboxylic acids is 1. The molecule has 0 bridgehead atoms. The largest absolute Gasteiger partial charge is 0.504 e. The molecule has 0 atom stereocenters. The Labute approximate surface area is 163 Å². The van der Waals surface area contributed by atoms with E-state index in [4.69, 9.17) is 9.47 Å². The van der Waals surface area contributed by atoms with Gasteiger partial charge in [0.25, 0.3) is 0 Å². The average Bonchev–Trinajstić information content (AvgIpc) is 2.73. The number of carbonyl (C=O) groups is 1. The van der Waals surface area contributed by atoms with Crippen molar-refractivity contribution in [1.29, 1.82) is 0 Å². The zero-order chi connectivity index (χ0) is 20.1. The Morgan fingerprint density at radius 1 is 0.929 bits per heavy atom. The molecule has 3 rings (SSSR count). The van der Waals surface area contributed by atoms with Gasteiger partial charge in [0.2, 0.25) is 0 Å². The number of phenolic OH excluding ortho intramolecular Hbond substituents is 2. The normalized spacial score (nSPS) is 10.6. The summed E-state index contributed by atoms with van der Waals surface area (Å²) in [6.45, 7) is 2.17. The SMILES string of the molecule is COc1ccc(-c2c(C)c(O)c(O)c(C=O)c2COCc2ccccc2)cc1. The lowest BCUT2D eigenvalue weighted by Gasteiger charge is -2.19. The highest BCUT2D eigenvalue weighted by atomic mass is 16.5. The fourth-order valence-corrected chi connectivity index (χ4v) is 3.20. The van der Waals surface area contributed by atoms with Gasteiger partial charge in [-0.3, -0.25) is 4.79 Å². The molecule has 0 spiro atoms. The molecule has 144 valence electrons. The summed E-state index contributed by atoms with van der Waals surface area (Å²) in [4.78, 5) is 11.7. The molecule has 0 unspecified atom stereocenters. The maximum Gasteiger partial charge on any atom is 0.168 e. The van der Waals surface area contributed by atoms with Crippen molar-refractivity contribution in [2.24, 2.45) is 0 Å². The van der Waals surface area contributed by atoms with E-state index in [2.05, 4.69) is 0 Å². The zero-order valence-corrected chi connectivity index (χ0v) is 15.8. The van der Waals surface area contributed by atoms with E-state index >= 15 is 0 Å². The second kappa shape index (κ2) is 8.59. The molecule has 0 fully saturated rings. The predicted octanol–water partition coefficient (Wildman–Crippen LogP) is 4.61. The van der Waals surface area contributed by atoms with Crippen molar-refractivity contribution < 1.29 is 24.5 Å². The van der Waals surface area contributed by atoms with Crippen LogP contribution in [-0.4, -0.2) is 23.6 Å². The highest BCUT2D eigenvalue weighted by molar-refractivity contribution is 5.90. The first-order valence-electron chi connectivity index (χ1n) is 8.85. The monoisotopic (exact) mass is 378 g/mol. The van der Waals surface area contributed by atoms with Gasteiger partial charge in [0.05, 0.1) is 25.9 Å². The van der Waals surface area contributed by atoms with E-state index < -0.39 is 5.75 Å². The summed E-state index contributed by atoms with van der Waals surface area (Å²) in [5.74, 6) is -0.0373. The van der Waals surface area contributed by atoms with Crippen LogP contribution in [0.15, 0.2) is 54.6 Å². The minimum atomic E-state index is -0.428. The van der Waals surface area contributed by atoms with Crippen LogP contribution in [0.4, 0.5) is 0 Å². The third-order valence-corrected chi connectivity index (χ3v) is 4.69. The molecule has 5 nitrogen and oxygen atoms in total. The maximum atomic E-state index is 11.7. The fourth-order valence-electron chi connectivity index (χ4n) is 3.20. The van der Waals surface area contributed by atoms with E-state index in [-0.39, 0.29) is 17.9 Å². The van der Waals surface area contributed by atoms with Gasteiger partial charge in [-0.15, -0.1) is 0 Å². The van der Waals surface area contributed by atoms with Crippen molar-refractivity contribution in [1.82, 2.24) is 0 Å². The van der Waals surface area contributed by atoms with Gasteiger partial charge in [0, 0.05) is 11.1 Å². The van der Waals surface area contributed by atoms with Crippen LogP contribution in [0, 0.1) is 6.92 Å². The van der Waals surface area contributed by atoms with Gasteiger partial charge in [-0.05, 0) is 35.7 Å². The van der Waals surface area contributed by atoms with Crippen molar-refractivity contribution in [2.45, 2.75) is 20.1 Å². The van der Waals surface area contributed by atoms with Crippen LogP contribution < -0.4 is 4.74 Å². The number of benzene rings is 3. The molecule has 0 aromatic heterocycles. The van der Waals surface area contributed by atoms with Gasteiger partial charge in [-0.2, -0.15) is 0 Å². The topological polar surface area (TPSA) is 76.0 Å². The van der Waals surface area contributed by atoms with Crippen LogP contribution in [-0.2, 0) is 18.0 Å². The molecule has 0 saturated carbocycles. The number of rotatable bonds is 7. The van der Waals surface area contributed by atoms with Gasteiger partial charge >= 0.3 is 0 Å². The molecule has 3 aromatic carbocycles. The lowest BCUT2D eigenvalue weighted by molar-refractivity contribution is 0.103. The Balaban J connectivity index is 2.03. The van der Waals surface area contributed by atoms with Gasteiger partial charge in [0.15, 0.2) is 17.8 Å². The molecular formula is C23H22O5. The molecule has 0 saturated heterocycles. The van der Waals surface area contributed by atoms with Crippen LogP contribution >= 0.6 is 0 Å². The van der Waals surface area contributed by atoms with Crippen LogP contribution in [0.5, 0.6) is 17.2 Å². The van der Waals surface area contributed by atoms with E-state index in [0.29, 0.717) is 35.3 Å². The van der Waals surface area contributed by atoms with Gasteiger partial charge < -0.3 is 19.7 Å². The molecule has 3 aromatic rings. The summed E-state index contributed by atoms with van der Waals surface area (Å²) in [6, 6.07) is 17.0. The van der Waals surface area contributed by atoms with E-state index in [0.717, 1.165) is 11.1 Å². The number of hydrogen-bond donors (Lipinski definition) is 2. The van der Waals surface area contributed by atoms with Crippen molar-refractivity contribution >= 4 is 6.29 Å². The predicted molar refractivity (Wildman–Crippen MR) is 107 cm³/mol. The quantitative estimate of drug-likeness (QED) is 0.464. The first-order chi connectivity index (χ1) is 13.6. The second-order valence-corrected chi connectivity index (χ2v) is 6.41. The summed E-state index contributed by atoms with van der Waals surface area (Å²) in [6.07, 6.45) is 0.544. The number of phenols is 2. The molecular weight excluding hydrogens is 356 g/mol. The Morgan fingerprint density at radius 2 is 1.61 bits per heavy atom. The molecule has 0 aliphatic carbocycles. The smallest absolute Gasteiger partial charge is 0.168 e. The van der Waals surface area contributed by atoms with Crippen molar-refractivity contribution in [2.75, 3.05) is 7.11 Å². The van der Waals surface area contributed by atoms with E-state index in [1.807, 2.05) is 42.5 Å². The molecule has 0 amide bonds. The van der Waals surface area contributed by atoms with Gasteiger partial charge in [-0.1, -0.05) is 42.5 Å². The Kier molecular flexibility index (Phi) is 5.96. The van der Waals surface area contributed by atoms with Crippen molar-refractivity contribution in [3.63, 3.8) is 0 Å². The zero-order valence-electron chi connectivity index (χ0n) is 15.8. The second-order valence-electron chi connectivity index (χ2n) is 6.41. The number of hydrogen-bond acceptors (Lipinski definition) is 5. The fraction of sp³-hybridized carbons (Fsp3) is 0.174. The molecule has 0 radical (unpaired) electrons. The van der Waals surface area contributed by atoms with E-state index in [1.54, 1.807) is 26.2 Å². The highest BCUT2D eigenvalue weighted by Crippen LogP contribution is 2.42. The molecule has 0 aliphatic rings. The van der Waals surface area contributed by atoms with Gasteiger partial charge in [-0.25, -0.2) is 0 Å². The summed E-state index contributed by atoms with van der Waals surface area (Å²) < 4.78 is 11.0. The lowest BCUT2D eigenvalue weighted by atomic mass is 9.90.